The van der Waals surface area contributed by atoms with Crippen LogP contribution in [0.15, 0.2) is 11.6 Å². The third-order valence-corrected chi connectivity index (χ3v) is 8.21. The first kappa shape index (κ1) is 20.4. The van der Waals surface area contributed by atoms with Gasteiger partial charge in [0.2, 0.25) is 11.8 Å². The molecule has 1 aromatic rings. The van der Waals surface area contributed by atoms with E-state index in [9.17, 15) is 9.59 Å². The SMILES string of the molecule is CN(C(=O)C[C@@H]1CN(Cc2nccs2)[C@@H]2CO[C@@H](CC(=O)N(C)C3CC3)[C@H]12)C1CC1. The number of carbonyl (C=O) groups excluding carboxylic acids is 2. The highest BCUT2D eigenvalue weighted by atomic mass is 32.1. The van der Waals surface area contributed by atoms with E-state index in [4.69, 9.17) is 4.74 Å². The van der Waals surface area contributed by atoms with Gasteiger partial charge in [-0.1, -0.05) is 0 Å². The van der Waals surface area contributed by atoms with Gasteiger partial charge in [-0.25, -0.2) is 4.98 Å². The number of likely N-dealkylation sites (tertiary alicyclic amines) is 1. The fraction of sp³-hybridized carbons (Fsp3) is 0.773. The van der Waals surface area contributed by atoms with Crippen molar-refractivity contribution in [3.05, 3.63) is 16.6 Å². The van der Waals surface area contributed by atoms with Gasteiger partial charge in [-0.15, -0.1) is 11.3 Å². The van der Waals surface area contributed by atoms with Gasteiger partial charge in [-0.2, -0.15) is 0 Å². The first-order valence-corrected chi connectivity index (χ1v) is 12.1. The van der Waals surface area contributed by atoms with Crippen LogP contribution in [-0.4, -0.2) is 83.0 Å². The van der Waals surface area contributed by atoms with Crippen molar-refractivity contribution in [1.82, 2.24) is 19.7 Å². The zero-order valence-corrected chi connectivity index (χ0v) is 18.7. The summed E-state index contributed by atoms with van der Waals surface area (Å²) in [5, 5.41) is 3.11. The van der Waals surface area contributed by atoms with E-state index in [0.29, 0.717) is 31.5 Å². The molecule has 164 valence electrons. The summed E-state index contributed by atoms with van der Waals surface area (Å²) < 4.78 is 6.19. The molecule has 0 spiro atoms. The fourth-order valence-corrected chi connectivity index (χ4v) is 5.96. The van der Waals surface area contributed by atoms with Gasteiger partial charge < -0.3 is 14.5 Å². The number of amides is 2. The van der Waals surface area contributed by atoms with Crippen LogP contribution >= 0.6 is 11.3 Å². The summed E-state index contributed by atoms with van der Waals surface area (Å²) in [4.78, 5) is 36.4. The first-order valence-electron chi connectivity index (χ1n) is 11.3. The Morgan fingerprint density at radius 1 is 1.13 bits per heavy atom. The maximum atomic E-state index is 12.9. The van der Waals surface area contributed by atoms with Crippen LogP contribution in [-0.2, 0) is 20.9 Å². The molecule has 1 aromatic heterocycles. The fourth-order valence-electron chi connectivity index (χ4n) is 5.31. The third kappa shape index (κ3) is 4.14. The quantitative estimate of drug-likeness (QED) is 0.629. The molecule has 0 radical (unpaired) electrons. The average molecular weight is 433 g/mol. The molecule has 2 aliphatic carbocycles. The van der Waals surface area contributed by atoms with Crippen molar-refractivity contribution in [2.24, 2.45) is 11.8 Å². The standard InChI is InChI=1S/C22H32N4O3S/c1-24(15-3-4-15)20(27)9-14-11-26(12-19-23-7-8-30-19)17-13-29-18(22(14)17)10-21(28)25(2)16-5-6-16/h7-8,14-18,22H,3-6,9-13H2,1-2H3/t14-,17-,18+,22-/m1/s1. The van der Waals surface area contributed by atoms with Crippen LogP contribution in [0.3, 0.4) is 0 Å². The average Bonchev–Trinajstić information content (AvgIpc) is 3.64. The Morgan fingerprint density at radius 2 is 1.80 bits per heavy atom. The van der Waals surface area contributed by atoms with Crippen molar-refractivity contribution >= 4 is 23.2 Å². The van der Waals surface area contributed by atoms with Gasteiger partial charge in [0.1, 0.15) is 5.01 Å². The lowest BCUT2D eigenvalue weighted by Gasteiger charge is -2.26. The highest BCUT2D eigenvalue weighted by Gasteiger charge is 2.52. The van der Waals surface area contributed by atoms with E-state index in [2.05, 4.69) is 9.88 Å². The van der Waals surface area contributed by atoms with Crippen molar-refractivity contribution in [3.8, 4) is 0 Å². The summed E-state index contributed by atoms with van der Waals surface area (Å²) in [6.45, 7) is 2.32. The zero-order chi connectivity index (χ0) is 20.8. The number of ether oxygens (including phenoxy) is 1. The lowest BCUT2D eigenvalue weighted by molar-refractivity contribution is -0.133. The molecular weight excluding hydrogens is 400 g/mol. The zero-order valence-electron chi connectivity index (χ0n) is 17.9. The second kappa shape index (κ2) is 8.20. The minimum Gasteiger partial charge on any atom is -0.376 e. The van der Waals surface area contributed by atoms with E-state index in [0.717, 1.165) is 43.8 Å². The molecule has 2 saturated carbocycles. The predicted octanol–water partition coefficient (Wildman–Crippen LogP) is 1.98. The number of rotatable bonds is 8. The topological polar surface area (TPSA) is 66.0 Å². The Kier molecular flexibility index (Phi) is 5.58. The summed E-state index contributed by atoms with van der Waals surface area (Å²) in [5.74, 6) is 0.888. The molecule has 0 N–H and O–H groups in total. The highest BCUT2D eigenvalue weighted by Crippen LogP contribution is 2.43. The number of thiazole rings is 1. The summed E-state index contributed by atoms with van der Waals surface area (Å²) in [7, 11) is 3.86. The molecule has 4 atom stereocenters. The molecule has 2 aliphatic heterocycles. The monoisotopic (exact) mass is 432 g/mol. The number of carbonyl (C=O) groups is 2. The van der Waals surface area contributed by atoms with Crippen molar-refractivity contribution < 1.29 is 14.3 Å². The number of fused-ring (bicyclic) bond motifs is 1. The van der Waals surface area contributed by atoms with E-state index in [-0.39, 0.29) is 35.8 Å². The van der Waals surface area contributed by atoms with Crippen molar-refractivity contribution in [2.75, 3.05) is 27.2 Å². The Hall–Kier alpha value is -1.51. The Labute approximate surface area is 182 Å². The molecule has 7 nitrogen and oxygen atoms in total. The van der Waals surface area contributed by atoms with Crippen LogP contribution in [0.2, 0.25) is 0 Å². The van der Waals surface area contributed by atoms with Crippen LogP contribution in [0.4, 0.5) is 0 Å². The molecule has 4 aliphatic rings. The van der Waals surface area contributed by atoms with Gasteiger partial charge >= 0.3 is 0 Å². The van der Waals surface area contributed by atoms with Crippen LogP contribution in [0.1, 0.15) is 43.5 Å². The number of nitrogens with zero attached hydrogens (tertiary/aromatic N) is 4. The Morgan fingerprint density at radius 3 is 2.40 bits per heavy atom. The Balaban J connectivity index is 1.29. The maximum absolute atomic E-state index is 12.9. The molecular formula is C22H32N4O3S. The molecule has 0 aromatic carbocycles. The van der Waals surface area contributed by atoms with E-state index >= 15 is 0 Å². The van der Waals surface area contributed by atoms with E-state index in [1.807, 2.05) is 35.5 Å². The minimum absolute atomic E-state index is 0.0889. The van der Waals surface area contributed by atoms with Gasteiger partial charge in [-0.3, -0.25) is 14.5 Å². The first-order chi connectivity index (χ1) is 14.5. The third-order valence-electron chi connectivity index (χ3n) is 7.45. The molecule has 5 rings (SSSR count). The van der Waals surface area contributed by atoms with Crippen LogP contribution in [0.5, 0.6) is 0 Å². The van der Waals surface area contributed by atoms with Gasteiger partial charge in [0.25, 0.3) is 0 Å². The number of hydrogen-bond acceptors (Lipinski definition) is 6. The molecule has 2 saturated heterocycles. The van der Waals surface area contributed by atoms with Crippen LogP contribution < -0.4 is 0 Å². The second-order valence-corrected chi connectivity index (χ2v) is 10.5. The molecule has 0 bridgehead atoms. The summed E-state index contributed by atoms with van der Waals surface area (Å²) in [6, 6.07) is 1.12. The molecule has 2 amide bonds. The maximum Gasteiger partial charge on any atom is 0.225 e. The van der Waals surface area contributed by atoms with Gasteiger partial charge in [0.05, 0.1) is 25.7 Å². The van der Waals surface area contributed by atoms with Crippen LogP contribution in [0.25, 0.3) is 0 Å². The minimum atomic E-state index is -0.0889. The largest absolute Gasteiger partial charge is 0.376 e. The second-order valence-electron chi connectivity index (χ2n) is 9.51. The van der Waals surface area contributed by atoms with Crippen LogP contribution in [0, 0.1) is 11.8 Å². The smallest absolute Gasteiger partial charge is 0.225 e. The molecule has 3 heterocycles. The van der Waals surface area contributed by atoms with E-state index in [1.165, 1.54) is 0 Å². The van der Waals surface area contributed by atoms with Gasteiger partial charge in [-0.05, 0) is 31.6 Å². The summed E-state index contributed by atoms with van der Waals surface area (Å²) in [5.41, 5.74) is 0. The van der Waals surface area contributed by atoms with Gasteiger partial charge in [0.15, 0.2) is 0 Å². The number of hydrogen-bond donors (Lipinski definition) is 0. The van der Waals surface area contributed by atoms with Gasteiger partial charge in [0, 0.05) is 62.7 Å². The lowest BCUT2D eigenvalue weighted by atomic mass is 9.84. The predicted molar refractivity (Wildman–Crippen MR) is 114 cm³/mol. The molecule has 8 heteroatoms. The highest BCUT2D eigenvalue weighted by molar-refractivity contribution is 7.09. The molecule has 30 heavy (non-hydrogen) atoms. The van der Waals surface area contributed by atoms with E-state index in [1.54, 1.807) is 11.3 Å². The number of aromatic nitrogens is 1. The van der Waals surface area contributed by atoms with Crippen molar-refractivity contribution in [3.63, 3.8) is 0 Å². The van der Waals surface area contributed by atoms with Crippen molar-refractivity contribution in [1.29, 1.82) is 0 Å². The summed E-state index contributed by atoms with van der Waals surface area (Å²) >= 11 is 1.67. The summed E-state index contributed by atoms with van der Waals surface area (Å²) in [6.07, 6.45) is 7.23. The normalized spacial score (nSPS) is 31.0. The molecule has 0 unspecified atom stereocenters. The van der Waals surface area contributed by atoms with Crippen molar-refractivity contribution in [2.45, 2.75) is 69.3 Å². The molecule has 4 fully saturated rings. The lowest BCUT2D eigenvalue weighted by Crippen LogP contribution is -2.37. The Bertz CT molecular complexity index is 779. The van der Waals surface area contributed by atoms with E-state index < -0.39 is 0 Å².